The Kier molecular flexibility index (Phi) is 9.75. The summed E-state index contributed by atoms with van der Waals surface area (Å²) in [5, 5.41) is 0. The van der Waals surface area contributed by atoms with E-state index in [-0.39, 0.29) is 18.8 Å². The van der Waals surface area contributed by atoms with Gasteiger partial charge in [-0.2, -0.15) is 0 Å². The zero-order valence-electron chi connectivity index (χ0n) is 11.2. The fourth-order valence-electron chi connectivity index (χ4n) is 1.28. The van der Waals surface area contributed by atoms with Gasteiger partial charge in [-0.15, -0.1) is 6.42 Å². The van der Waals surface area contributed by atoms with Crippen molar-refractivity contribution in [3.05, 3.63) is 0 Å². The van der Waals surface area contributed by atoms with Gasteiger partial charge in [0.25, 0.3) is 0 Å². The molecular formula is C14H22O4. The summed E-state index contributed by atoms with van der Waals surface area (Å²) in [4.78, 5) is 22.5. The molecule has 4 nitrogen and oxygen atoms in total. The van der Waals surface area contributed by atoms with Crippen molar-refractivity contribution in [3.63, 3.8) is 0 Å². The highest BCUT2D eigenvalue weighted by molar-refractivity contribution is 5.77. The van der Waals surface area contributed by atoms with E-state index >= 15 is 0 Å². The lowest BCUT2D eigenvalue weighted by Crippen LogP contribution is -2.15. The van der Waals surface area contributed by atoms with Crippen LogP contribution in [0.3, 0.4) is 0 Å². The lowest BCUT2D eigenvalue weighted by Gasteiger charge is -2.07. The van der Waals surface area contributed by atoms with Gasteiger partial charge in [-0.3, -0.25) is 9.59 Å². The Morgan fingerprint density at radius 2 is 1.83 bits per heavy atom. The van der Waals surface area contributed by atoms with Crippen molar-refractivity contribution in [2.75, 3.05) is 6.61 Å². The van der Waals surface area contributed by atoms with E-state index in [0.717, 1.165) is 25.7 Å². The molecule has 0 amide bonds. The third-order valence-electron chi connectivity index (χ3n) is 2.34. The summed E-state index contributed by atoms with van der Waals surface area (Å²) < 4.78 is 9.81. The fraction of sp³-hybridized carbons (Fsp3) is 0.714. The average molecular weight is 254 g/mol. The van der Waals surface area contributed by atoms with Gasteiger partial charge in [0.05, 0.1) is 19.4 Å². The van der Waals surface area contributed by atoms with Crippen LogP contribution in [0.25, 0.3) is 0 Å². The van der Waals surface area contributed by atoms with Gasteiger partial charge in [0.15, 0.2) is 6.10 Å². The van der Waals surface area contributed by atoms with Crippen molar-refractivity contribution in [3.8, 4) is 12.3 Å². The van der Waals surface area contributed by atoms with Crippen LogP contribution in [0, 0.1) is 12.3 Å². The molecule has 0 aliphatic carbocycles. The van der Waals surface area contributed by atoms with Crippen molar-refractivity contribution in [2.24, 2.45) is 0 Å². The van der Waals surface area contributed by atoms with Crippen LogP contribution < -0.4 is 0 Å². The summed E-state index contributed by atoms with van der Waals surface area (Å²) in [6.45, 7) is 4.15. The Hall–Kier alpha value is -1.50. The average Bonchev–Trinajstić information content (AvgIpc) is 2.36. The highest BCUT2D eigenvalue weighted by Crippen LogP contribution is 2.02. The molecule has 0 radical (unpaired) electrons. The van der Waals surface area contributed by atoms with Gasteiger partial charge in [-0.05, 0) is 13.3 Å². The van der Waals surface area contributed by atoms with E-state index in [0.29, 0.717) is 6.61 Å². The lowest BCUT2D eigenvalue weighted by molar-refractivity contribution is -0.151. The minimum atomic E-state index is -0.553. The molecule has 0 N–H and O–H groups in total. The molecule has 102 valence electrons. The summed E-state index contributed by atoms with van der Waals surface area (Å²) in [5.41, 5.74) is 0. The second-order valence-electron chi connectivity index (χ2n) is 4.08. The predicted octanol–water partition coefficient (Wildman–Crippen LogP) is 2.46. The number of hydrogen-bond donors (Lipinski definition) is 0. The van der Waals surface area contributed by atoms with Crippen molar-refractivity contribution in [1.82, 2.24) is 0 Å². The van der Waals surface area contributed by atoms with Crippen LogP contribution in [0.15, 0.2) is 0 Å². The summed E-state index contributed by atoms with van der Waals surface area (Å²) >= 11 is 0. The molecule has 0 fully saturated rings. The highest BCUT2D eigenvalue weighted by Gasteiger charge is 2.10. The maximum absolute atomic E-state index is 11.3. The summed E-state index contributed by atoms with van der Waals surface area (Å²) in [6.07, 6.45) is 8.80. The lowest BCUT2D eigenvalue weighted by atomic mass is 10.2. The summed E-state index contributed by atoms with van der Waals surface area (Å²) in [6, 6.07) is 0. The van der Waals surface area contributed by atoms with Crippen molar-refractivity contribution < 1.29 is 19.1 Å². The van der Waals surface area contributed by atoms with Crippen molar-refractivity contribution in [2.45, 2.75) is 58.5 Å². The van der Waals surface area contributed by atoms with Gasteiger partial charge < -0.3 is 9.47 Å². The Morgan fingerprint density at radius 3 is 2.44 bits per heavy atom. The van der Waals surface area contributed by atoms with E-state index in [2.05, 4.69) is 12.8 Å². The first-order valence-electron chi connectivity index (χ1n) is 6.41. The molecule has 18 heavy (non-hydrogen) atoms. The first-order chi connectivity index (χ1) is 8.60. The monoisotopic (exact) mass is 254 g/mol. The zero-order valence-corrected chi connectivity index (χ0v) is 11.2. The number of terminal acetylenes is 1. The first kappa shape index (κ1) is 16.5. The molecule has 0 saturated carbocycles. The Bertz CT molecular complexity index is 291. The Labute approximate surface area is 109 Å². The standard InChI is InChI=1S/C14H22O4/c1-4-6-7-8-11-17-13(15)9-10-14(16)18-12(3)5-2/h2,12H,4,6-11H2,1,3H3. The zero-order chi connectivity index (χ0) is 13.8. The van der Waals surface area contributed by atoms with Crippen molar-refractivity contribution >= 4 is 11.9 Å². The second-order valence-corrected chi connectivity index (χ2v) is 4.08. The molecule has 0 rings (SSSR count). The molecule has 0 aliphatic heterocycles. The quantitative estimate of drug-likeness (QED) is 0.360. The number of esters is 2. The van der Waals surface area contributed by atoms with Gasteiger partial charge in [-0.25, -0.2) is 0 Å². The molecule has 0 heterocycles. The minimum Gasteiger partial charge on any atom is -0.466 e. The van der Waals surface area contributed by atoms with Gasteiger partial charge in [0.1, 0.15) is 0 Å². The van der Waals surface area contributed by atoms with E-state index in [1.54, 1.807) is 6.92 Å². The maximum atomic E-state index is 11.3. The predicted molar refractivity (Wildman–Crippen MR) is 68.7 cm³/mol. The highest BCUT2D eigenvalue weighted by atomic mass is 16.5. The third kappa shape index (κ3) is 9.71. The SMILES string of the molecule is C#CC(C)OC(=O)CCC(=O)OCCCCCC. The molecule has 0 saturated heterocycles. The van der Waals surface area contributed by atoms with Gasteiger partial charge in [-0.1, -0.05) is 32.1 Å². The molecule has 0 aliphatic rings. The molecular weight excluding hydrogens is 232 g/mol. The molecule has 0 spiro atoms. The maximum Gasteiger partial charge on any atom is 0.307 e. The van der Waals surface area contributed by atoms with Crippen LogP contribution in [-0.2, 0) is 19.1 Å². The summed E-state index contributed by atoms with van der Waals surface area (Å²) in [7, 11) is 0. The van der Waals surface area contributed by atoms with Gasteiger partial charge >= 0.3 is 11.9 Å². The second kappa shape index (κ2) is 10.6. The molecule has 1 unspecified atom stereocenters. The number of carbonyl (C=O) groups is 2. The third-order valence-corrected chi connectivity index (χ3v) is 2.34. The van der Waals surface area contributed by atoms with Crippen LogP contribution in [0.2, 0.25) is 0 Å². The number of hydrogen-bond acceptors (Lipinski definition) is 4. The number of carbonyl (C=O) groups excluding carboxylic acids is 2. The van der Waals surface area contributed by atoms with Crippen LogP contribution in [0.4, 0.5) is 0 Å². The van der Waals surface area contributed by atoms with Crippen LogP contribution in [-0.4, -0.2) is 24.6 Å². The molecule has 0 aromatic heterocycles. The summed E-state index contributed by atoms with van der Waals surface area (Å²) in [5.74, 6) is 1.44. The van der Waals surface area contributed by atoms with Crippen LogP contribution >= 0.6 is 0 Å². The Balaban J connectivity index is 3.53. The molecule has 1 atom stereocenters. The number of ether oxygens (including phenoxy) is 2. The number of unbranched alkanes of at least 4 members (excludes halogenated alkanes) is 3. The molecule has 4 heteroatoms. The van der Waals surface area contributed by atoms with Crippen LogP contribution in [0.1, 0.15) is 52.4 Å². The molecule has 0 aromatic rings. The fourth-order valence-corrected chi connectivity index (χ4v) is 1.28. The van der Waals surface area contributed by atoms with E-state index < -0.39 is 12.1 Å². The van der Waals surface area contributed by atoms with Crippen LogP contribution in [0.5, 0.6) is 0 Å². The van der Waals surface area contributed by atoms with Gasteiger partial charge in [0.2, 0.25) is 0 Å². The van der Waals surface area contributed by atoms with Crippen molar-refractivity contribution in [1.29, 1.82) is 0 Å². The van der Waals surface area contributed by atoms with Gasteiger partial charge in [0, 0.05) is 0 Å². The van der Waals surface area contributed by atoms with E-state index in [1.807, 2.05) is 0 Å². The minimum absolute atomic E-state index is 0.0137. The van der Waals surface area contributed by atoms with E-state index in [1.165, 1.54) is 0 Å². The molecule has 0 bridgehead atoms. The topological polar surface area (TPSA) is 52.6 Å². The molecule has 0 aromatic carbocycles. The smallest absolute Gasteiger partial charge is 0.307 e. The normalized spacial score (nSPS) is 11.4. The first-order valence-corrected chi connectivity index (χ1v) is 6.41. The van der Waals surface area contributed by atoms with E-state index in [9.17, 15) is 9.59 Å². The largest absolute Gasteiger partial charge is 0.466 e. The number of rotatable bonds is 9. The van der Waals surface area contributed by atoms with E-state index in [4.69, 9.17) is 15.9 Å². The Morgan fingerprint density at radius 1 is 1.17 bits per heavy atom.